The fourth-order valence-electron chi connectivity index (χ4n) is 3.28. The van der Waals surface area contributed by atoms with Crippen LogP contribution in [0.5, 0.6) is 5.75 Å². The lowest BCUT2D eigenvalue weighted by molar-refractivity contribution is -0.118. The van der Waals surface area contributed by atoms with Crippen LogP contribution in [0.15, 0.2) is 23.4 Å². The van der Waals surface area contributed by atoms with Gasteiger partial charge in [0.15, 0.2) is 27.4 Å². The summed E-state index contributed by atoms with van der Waals surface area (Å²) in [5.74, 6) is 1.03. The highest BCUT2D eigenvalue weighted by molar-refractivity contribution is 7.99. The SMILES string of the molecule is Cn1c(SCC(=O)c2ccc3c(c2)NC(=O)CO3)nnc1C1CCS(=O)(=O)C1. The largest absolute Gasteiger partial charge is 0.482 e. The summed E-state index contributed by atoms with van der Waals surface area (Å²) in [5, 5.41) is 11.5. The molecule has 2 aromatic rings. The van der Waals surface area contributed by atoms with Gasteiger partial charge >= 0.3 is 0 Å². The van der Waals surface area contributed by atoms with Gasteiger partial charge in [0.1, 0.15) is 11.6 Å². The molecule has 3 heterocycles. The highest BCUT2D eigenvalue weighted by atomic mass is 32.2. The lowest BCUT2D eigenvalue weighted by atomic mass is 10.1. The van der Waals surface area contributed by atoms with E-state index >= 15 is 0 Å². The Morgan fingerprint density at radius 3 is 2.96 bits per heavy atom. The topological polar surface area (TPSA) is 120 Å². The van der Waals surface area contributed by atoms with Gasteiger partial charge in [-0.05, 0) is 24.6 Å². The Hall–Kier alpha value is -2.40. The monoisotopic (exact) mass is 422 g/mol. The van der Waals surface area contributed by atoms with E-state index < -0.39 is 9.84 Å². The van der Waals surface area contributed by atoms with Crippen molar-refractivity contribution in [3.8, 4) is 5.75 Å². The number of thioether (sulfide) groups is 1. The first-order valence-corrected chi connectivity index (χ1v) is 11.5. The highest BCUT2D eigenvalue weighted by Crippen LogP contribution is 2.31. The minimum Gasteiger partial charge on any atom is -0.482 e. The zero-order chi connectivity index (χ0) is 19.9. The molecule has 0 spiro atoms. The van der Waals surface area contributed by atoms with Gasteiger partial charge in [0.05, 0.1) is 22.9 Å². The van der Waals surface area contributed by atoms with Gasteiger partial charge in [-0.25, -0.2) is 8.42 Å². The number of amides is 1. The van der Waals surface area contributed by atoms with Crippen molar-refractivity contribution in [1.29, 1.82) is 0 Å². The summed E-state index contributed by atoms with van der Waals surface area (Å²) < 4.78 is 30.4. The number of hydrogen-bond donors (Lipinski definition) is 1. The molecule has 1 aromatic heterocycles. The van der Waals surface area contributed by atoms with Crippen LogP contribution in [0.25, 0.3) is 0 Å². The van der Waals surface area contributed by atoms with Crippen molar-refractivity contribution in [2.45, 2.75) is 17.5 Å². The Balaban J connectivity index is 1.43. The van der Waals surface area contributed by atoms with E-state index in [0.717, 1.165) is 0 Å². The second-order valence-corrected chi connectivity index (χ2v) is 9.93. The summed E-state index contributed by atoms with van der Waals surface area (Å²) >= 11 is 1.24. The number of benzene rings is 1. The summed E-state index contributed by atoms with van der Waals surface area (Å²) in [7, 11) is -1.23. The van der Waals surface area contributed by atoms with Crippen LogP contribution >= 0.6 is 11.8 Å². The normalized spacial score (nSPS) is 20.3. The van der Waals surface area contributed by atoms with Crippen molar-refractivity contribution in [2.75, 3.05) is 29.2 Å². The molecule has 0 aliphatic carbocycles. The summed E-state index contributed by atoms with van der Waals surface area (Å²) in [6, 6.07) is 4.92. The second-order valence-electron chi connectivity index (χ2n) is 6.76. The molecule has 4 rings (SSSR count). The lowest BCUT2D eigenvalue weighted by Gasteiger charge is -2.18. The van der Waals surface area contributed by atoms with Crippen LogP contribution in [-0.2, 0) is 21.7 Å². The number of aromatic nitrogens is 3. The molecule has 0 saturated carbocycles. The molecule has 1 unspecified atom stereocenters. The van der Waals surface area contributed by atoms with E-state index in [0.29, 0.717) is 34.4 Å². The summed E-state index contributed by atoms with van der Waals surface area (Å²) in [5.41, 5.74) is 0.941. The Labute approximate surface area is 165 Å². The van der Waals surface area contributed by atoms with Crippen molar-refractivity contribution in [3.05, 3.63) is 29.6 Å². The van der Waals surface area contributed by atoms with Gasteiger partial charge in [-0.3, -0.25) is 9.59 Å². The minimum atomic E-state index is -3.01. The molecule has 1 aromatic carbocycles. The van der Waals surface area contributed by atoms with Crippen molar-refractivity contribution in [2.24, 2.45) is 7.05 Å². The van der Waals surface area contributed by atoms with Crippen LogP contribution in [-0.4, -0.2) is 58.7 Å². The average Bonchev–Trinajstić information content (AvgIpc) is 3.20. The Morgan fingerprint density at radius 2 is 2.21 bits per heavy atom. The molecule has 0 bridgehead atoms. The minimum absolute atomic E-state index is 0.0348. The molecule has 28 heavy (non-hydrogen) atoms. The molecule has 1 N–H and O–H groups in total. The molecule has 1 atom stereocenters. The predicted octanol–water partition coefficient (Wildman–Crippen LogP) is 1.02. The molecule has 11 heteroatoms. The van der Waals surface area contributed by atoms with Crippen molar-refractivity contribution < 1.29 is 22.7 Å². The maximum atomic E-state index is 12.5. The van der Waals surface area contributed by atoms with Crippen LogP contribution in [0.1, 0.15) is 28.5 Å². The maximum Gasteiger partial charge on any atom is 0.262 e. The lowest BCUT2D eigenvalue weighted by Crippen LogP contribution is -2.25. The van der Waals surface area contributed by atoms with Crippen LogP contribution in [0, 0.1) is 0 Å². The summed E-state index contributed by atoms with van der Waals surface area (Å²) in [6.45, 7) is -0.0348. The molecule has 1 saturated heterocycles. The Morgan fingerprint density at radius 1 is 1.39 bits per heavy atom. The number of sulfone groups is 1. The molecular formula is C17H18N4O5S2. The highest BCUT2D eigenvalue weighted by Gasteiger charge is 2.32. The van der Waals surface area contributed by atoms with Gasteiger partial charge in [0.25, 0.3) is 5.91 Å². The van der Waals surface area contributed by atoms with E-state index in [-0.39, 0.29) is 41.5 Å². The van der Waals surface area contributed by atoms with Crippen LogP contribution in [0.3, 0.4) is 0 Å². The molecule has 1 amide bonds. The number of Topliss-reactive ketones (excluding diaryl/α,β-unsaturated/α-hetero) is 1. The third-order valence-electron chi connectivity index (χ3n) is 4.73. The molecule has 0 radical (unpaired) electrons. The molecule has 2 aliphatic heterocycles. The fourth-order valence-corrected chi connectivity index (χ4v) is 5.83. The first-order chi connectivity index (χ1) is 13.3. The number of anilines is 1. The number of ketones is 1. The number of nitrogens with zero attached hydrogens (tertiary/aromatic N) is 3. The number of carbonyl (C=O) groups excluding carboxylic acids is 2. The zero-order valence-corrected chi connectivity index (χ0v) is 16.7. The fraction of sp³-hybridized carbons (Fsp3) is 0.412. The third-order valence-corrected chi connectivity index (χ3v) is 7.52. The van der Waals surface area contributed by atoms with Gasteiger partial charge in [-0.2, -0.15) is 0 Å². The molecule has 148 valence electrons. The van der Waals surface area contributed by atoms with Crippen molar-refractivity contribution in [3.63, 3.8) is 0 Å². The maximum absolute atomic E-state index is 12.5. The summed E-state index contributed by atoms with van der Waals surface area (Å²) in [4.78, 5) is 24.0. The van der Waals surface area contributed by atoms with Crippen LogP contribution in [0.2, 0.25) is 0 Å². The van der Waals surface area contributed by atoms with E-state index in [2.05, 4.69) is 15.5 Å². The molecule has 1 fully saturated rings. The van der Waals surface area contributed by atoms with E-state index in [1.165, 1.54) is 11.8 Å². The first kappa shape index (κ1) is 18.9. The Bertz CT molecular complexity index is 1060. The zero-order valence-electron chi connectivity index (χ0n) is 15.0. The van der Waals surface area contributed by atoms with Crippen LogP contribution < -0.4 is 10.1 Å². The van der Waals surface area contributed by atoms with Gasteiger partial charge < -0.3 is 14.6 Å². The first-order valence-electron chi connectivity index (χ1n) is 8.65. The molecule has 2 aliphatic rings. The number of carbonyl (C=O) groups is 2. The molecule has 9 nitrogen and oxygen atoms in total. The number of rotatable bonds is 5. The smallest absolute Gasteiger partial charge is 0.262 e. The standard InChI is InChI=1S/C17H18N4O5S2/c1-21-16(11-4-5-28(24,25)9-11)19-20-17(21)27-8-13(22)10-2-3-14-12(6-10)18-15(23)7-26-14/h2-3,6,11H,4-5,7-9H2,1H3,(H,18,23). The quantitative estimate of drug-likeness (QED) is 0.560. The van der Waals surface area contributed by atoms with E-state index in [4.69, 9.17) is 4.74 Å². The third kappa shape index (κ3) is 3.76. The van der Waals surface area contributed by atoms with Crippen molar-refractivity contribution >= 4 is 39.0 Å². The van der Waals surface area contributed by atoms with Gasteiger partial charge in [-0.1, -0.05) is 11.8 Å². The van der Waals surface area contributed by atoms with Gasteiger partial charge in [-0.15, -0.1) is 10.2 Å². The number of ether oxygens (including phenoxy) is 1. The number of hydrogen-bond acceptors (Lipinski definition) is 8. The molecular weight excluding hydrogens is 404 g/mol. The average molecular weight is 422 g/mol. The van der Waals surface area contributed by atoms with E-state index in [1.807, 2.05) is 0 Å². The summed E-state index contributed by atoms with van der Waals surface area (Å²) in [6.07, 6.45) is 0.542. The van der Waals surface area contributed by atoms with Crippen LogP contribution in [0.4, 0.5) is 5.69 Å². The Kier molecular flexibility index (Phi) is 4.88. The predicted molar refractivity (Wildman–Crippen MR) is 103 cm³/mol. The number of fused-ring (bicyclic) bond motifs is 1. The number of nitrogens with one attached hydrogen (secondary N) is 1. The van der Waals surface area contributed by atoms with E-state index in [9.17, 15) is 18.0 Å². The van der Waals surface area contributed by atoms with Gasteiger partial charge in [0, 0.05) is 18.5 Å². The van der Waals surface area contributed by atoms with Crippen molar-refractivity contribution in [1.82, 2.24) is 14.8 Å². The van der Waals surface area contributed by atoms with E-state index in [1.54, 1.807) is 29.8 Å². The van der Waals surface area contributed by atoms with Gasteiger partial charge in [0.2, 0.25) is 0 Å². The second kappa shape index (κ2) is 7.21.